The van der Waals surface area contributed by atoms with Crippen molar-refractivity contribution >= 4 is 35.0 Å². The van der Waals surface area contributed by atoms with Gasteiger partial charge < -0.3 is 9.47 Å². The third kappa shape index (κ3) is 5.21. The van der Waals surface area contributed by atoms with Crippen LogP contribution < -0.4 is 19.6 Å². The highest BCUT2D eigenvalue weighted by Gasteiger charge is 2.33. The highest BCUT2D eigenvalue weighted by Crippen LogP contribution is 2.30. The van der Waals surface area contributed by atoms with Crippen LogP contribution in [-0.2, 0) is 16.1 Å². The number of hydrogen-bond donors (Lipinski definition) is 0. The fraction of sp³-hybridized carbons (Fsp3) is 0.167. The van der Waals surface area contributed by atoms with Gasteiger partial charge in [-0.25, -0.2) is 9.79 Å². The first-order chi connectivity index (χ1) is 18.5. The molecule has 6 nitrogen and oxygen atoms in total. The van der Waals surface area contributed by atoms with E-state index in [1.165, 1.54) is 11.3 Å². The molecule has 0 unspecified atom stereocenters. The van der Waals surface area contributed by atoms with Crippen LogP contribution in [0.4, 0.5) is 0 Å². The Hall–Kier alpha value is -3.94. The fourth-order valence-electron chi connectivity index (χ4n) is 4.36. The van der Waals surface area contributed by atoms with Crippen LogP contribution in [0.2, 0.25) is 5.02 Å². The number of thiazole rings is 1. The van der Waals surface area contributed by atoms with Gasteiger partial charge >= 0.3 is 5.97 Å². The van der Waals surface area contributed by atoms with Crippen LogP contribution >= 0.6 is 22.9 Å². The number of benzene rings is 3. The summed E-state index contributed by atoms with van der Waals surface area (Å²) >= 11 is 7.27. The summed E-state index contributed by atoms with van der Waals surface area (Å²) in [6, 6.07) is 23.9. The Morgan fingerprint density at radius 2 is 1.76 bits per heavy atom. The van der Waals surface area contributed by atoms with Crippen molar-refractivity contribution < 1.29 is 14.3 Å². The maximum absolute atomic E-state index is 13.8. The number of fused-ring (bicyclic) bond motifs is 1. The number of nitrogens with zero attached hydrogens (tertiary/aromatic N) is 2. The van der Waals surface area contributed by atoms with Crippen molar-refractivity contribution in [3.63, 3.8) is 0 Å². The van der Waals surface area contributed by atoms with Gasteiger partial charge in [-0.15, -0.1) is 0 Å². The van der Waals surface area contributed by atoms with E-state index in [9.17, 15) is 9.59 Å². The molecule has 5 rings (SSSR count). The third-order valence-corrected chi connectivity index (χ3v) is 7.38. The van der Waals surface area contributed by atoms with E-state index in [0.29, 0.717) is 38.0 Å². The van der Waals surface area contributed by atoms with E-state index in [4.69, 9.17) is 21.1 Å². The molecule has 0 spiro atoms. The van der Waals surface area contributed by atoms with Crippen molar-refractivity contribution in [2.24, 2.45) is 4.99 Å². The topological polar surface area (TPSA) is 69.9 Å². The number of ether oxygens (including phenoxy) is 2. The Bertz CT molecular complexity index is 1690. The first kappa shape index (κ1) is 25.7. The summed E-state index contributed by atoms with van der Waals surface area (Å²) in [4.78, 5) is 32.0. The van der Waals surface area contributed by atoms with Crippen LogP contribution in [0.3, 0.4) is 0 Å². The minimum absolute atomic E-state index is 0.231. The van der Waals surface area contributed by atoms with Gasteiger partial charge in [0.25, 0.3) is 5.56 Å². The molecule has 38 heavy (non-hydrogen) atoms. The van der Waals surface area contributed by atoms with E-state index in [1.54, 1.807) is 18.4 Å². The zero-order chi connectivity index (χ0) is 26.6. The molecule has 192 valence electrons. The highest BCUT2D eigenvalue weighted by atomic mass is 35.5. The van der Waals surface area contributed by atoms with Crippen LogP contribution in [-0.4, -0.2) is 17.1 Å². The molecule has 1 aromatic heterocycles. The standard InChI is InChI=1S/C30H25ClN2O4S/c1-3-36-29(35)26-19(2)32-30-33(27(26)21-9-5-4-6-10-21)28(34)25(38-30)17-22-11-7-8-12-24(22)37-18-20-13-15-23(31)16-14-20/h4-17,27H,3,18H2,1-2H3/b25-17-/t27-/m0/s1. The average molecular weight is 545 g/mol. The van der Waals surface area contributed by atoms with Crippen LogP contribution in [0, 0.1) is 0 Å². The predicted molar refractivity (Wildman–Crippen MR) is 149 cm³/mol. The number of hydrogen-bond acceptors (Lipinski definition) is 6. The maximum atomic E-state index is 13.8. The summed E-state index contributed by atoms with van der Waals surface area (Å²) in [5, 5.41) is 0.666. The van der Waals surface area contributed by atoms with Gasteiger partial charge in [-0.1, -0.05) is 83.6 Å². The monoisotopic (exact) mass is 544 g/mol. The Balaban J connectivity index is 1.58. The SMILES string of the molecule is CCOC(=O)C1=C(C)N=c2s/c(=C\c3ccccc3OCc3ccc(Cl)cc3)c(=O)n2[C@H]1c1ccccc1. The third-order valence-electron chi connectivity index (χ3n) is 6.15. The first-order valence-electron chi connectivity index (χ1n) is 12.2. The molecule has 0 saturated carbocycles. The maximum Gasteiger partial charge on any atom is 0.338 e. The first-order valence-corrected chi connectivity index (χ1v) is 13.4. The lowest BCUT2D eigenvalue weighted by Crippen LogP contribution is -2.39. The number of allylic oxidation sites excluding steroid dienone is 1. The van der Waals surface area contributed by atoms with Gasteiger partial charge in [0.15, 0.2) is 4.80 Å². The van der Waals surface area contributed by atoms with Crippen molar-refractivity contribution in [3.8, 4) is 5.75 Å². The van der Waals surface area contributed by atoms with Crippen molar-refractivity contribution in [2.75, 3.05) is 6.61 Å². The molecule has 4 aromatic rings. The Morgan fingerprint density at radius 1 is 1.05 bits per heavy atom. The summed E-state index contributed by atoms with van der Waals surface area (Å²) in [6.07, 6.45) is 1.81. The lowest BCUT2D eigenvalue weighted by atomic mass is 9.96. The van der Waals surface area contributed by atoms with E-state index in [0.717, 1.165) is 16.7 Å². The second-order valence-corrected chi connectivity index (χ2v) is 10.1. The molecule has 0 N–H and O–H groups in total. The van der Waals surface area contributed by atoms with Gasteiger partial charge in [-0.2, -0.15) is 0 Å². The zero-order valence-corrected chi connectivity index (χ0v) is 22.5. The highest BCUT2D eigenvalue weighted by molar-refractivity contribution is 7.07. The van der Waals surface area contributed by atoms with Gasteiger partial charge in [-0.05, 0) is 49.2 Å². The second-order valence-electron chi connectivity index (χ2n) is 8.67. The fourth-order valence-corrected chi connectivity index (χ4v) is 5.52. The molecular formula is C30H25ClN2O4S. The second kappa shape index (κ2) is 11.2. The van der Waals surface area contributed by atoms with Gasteiger partial charge in [0.05, 0.1) is 28.5 Å². The summed E-state index contributed by atoms with van der Waals surface area (Å²) in [5.74, 6) is 0.175. The minimum atomic E-state index is -0.634. The Labute approximate surface area is 228 Å². The minimum Gasteiger partial charge on any atom is -0.488 e. The lowest BCUT2D eigenvalue weighted by molar-refractivity contribution is -0.139. The molecule has 0 amide bonds. The summed E-state index contributed by atoms with van der Waals surface area (Å²) < 4.78 is 13.5. The van der Waals surface area contributed by atoms with Crippen molar-refractivity contribution in [1.82, 2.24) is 4.57 Å². The van der Waals surface area contributed by atoms with Gasteiger partial charge in [0, 0.05) is 10.6 Å². The molecule has 1 aliphatic rings. The molecule has 0 aliphatic carbocycles. The molecule has 0 fully saturated rings. The number of carbonyl (C=O) groups is 1. The Kier molecular flexibility index (Phi) is 7.58. The van der Waals surface area contributed by atoms with E-state index >= 15 is 0 Å². The van der Waals surface area contributed by atoms with Crippen molar-refractivity contribution in [3.05, 3.63) is 132 Å². The quantitative estimate of drug-likeness (QED) is 0.306. The van der Waals surface area contributed by atoms with Gasteiger partial charge in [0.1, 0.15) is 12.4 Å². The molecule has 1 atom stereocenters. The zero-order valence-electron chi connectivity index (χ0n) is 20.9. The number of esters is 1. The number of halogens is 1. The normalized spacial score (nSPS) is 15.1. The largest absolute Gasteiger partial charge is 0.488 e. The molecule has 3 aromatic carbocycles. The van der Waals surface area contributed by atoms with Crippen LogP contribution in [0.5, 0.6) is 5.75 Å². The van der Waals surface area contributed by atoms with Crippen LogP contribution in [0.25, 0.3) is 6.08 Å². The molecule has 2 heterocycles. The molecule has 1 aliphatic heterocycles. The predicted octanol–water partition coefficient (Wildman–Crippen LogP) is 5.03. The van der Waals surface area contributed by atoms with Gasteiger partial charge in [0.2, 0.25) is 0 Å². The van der Waals surface area contributed by atoms with Gasteiger partial charge in [-0.3, -0.25) is 9.36 Å². The number of aromatic nitrogens is 1. The number of para-hydroxylation sites is 1. The van der Waals surface area contributed by atoms with Crippen LogP contribution in [0.1, 0.15) is 36.6 Å². The van der Waals surface area contributed by atoms with Crippen LogP contribution in [0.15, 0.2) is 99.9 Å². The summed E-state index contributed by atoms with van der Waals surface area (Å²) in [7, 11) is 0. The number of carbonyl (C=O) groups excluding carboxylic acids is 1. The average Bonchev–Trinajstić information content (AvgIpc) is 3.23. The van der Waals surface area contributed by atoms with E-state index in [1.807, 2.05) is 84.9 Å². The van der Waals surface area contributed by atoms with E-state index in [-0.39, 0.29) is 12.2 Å². The molecule has 0 saturated heterocycles. The molecular weight excluding hydrogens is 520 g/mol. The lowest BCUT2D eigenvalue weighted by Gasteiger charge is -2.24. The summed E-state index contributed by atoms with van der Waals surface area (Å²) in [6.45, 7) is 4.12. The Morgan fingerprint density at radius 3 is 2.50 bits per heavy atom. The summed E-state index contributed by atoms with van der Waals surface area (Å²) in [5.41, 5.74) is 3.23. The molecule has 8 heteroatoms. The van der Waals surface area contributed by atoms with Crippen molar-refractivity contribution in [2.45, 2.75) is 26.5 Å². The van der Waals surface area contributed by atoms with E-state index in [2.05, 4.69) is 4.99 Å². The molecule has 0 radical (unpaired) electrons. The van der Waals surface area contributed by atoms with Crippen molar-refractivity contribution in [1.29, 1.82) is 0 Å². The van der Waals surface area contributed by atoms with E-state index < -0.39 is 12.0 Å². The smallest absolute Gasteiger partial charge is 0.338 e. The molecule has 0 bridgehead atoms. The number of rotatable bonds is 7.